The van der Waals surface area contributed by atoms with Gasteiger partial charge in [0.15, 0.2) is 0 Å². The van der Waals surface area contributed by atoms with Gasteiger partial charge in [-0.2, -0.15) is 0 Å². The molecule has 1 aliphatic carbocycles. The van der Waals surface area contributed by atoms with Crippen LogP contribution in [0.5, 0.6) is 0 Å². The van der Waals surface area contributed by atoms with Crippen LogP contribution < -0.4 is 0 Å². The zero-order chi connectivity index (χ0) is 10.4. The number of allylic oxidation sites excluding steroid dienone is 1. The molecular formula is C11H16O3. The van der Waals surface area contributed by atoms with E-state index in [1.807, 2.05) is 0 Å². The van der Waals surface area contributed by atoms with E-state index in [9.17, 15) is 9.59 Å². The van der Waals surface area contributed by atoms with E-state index in [-0.39, 0.29) is 17.7 Å². The van der Waals surface area contributed by atoms with Gasteiger partial charge in [-0.1, -0.05) is 12.5 Å². The Hall–Kier alpha value is -1.12. The molecule has 1 aliphatic rings. The van der Waals surface area contributed by atoms with E-state index in [4.69, 9.17) is 4.74 Å². The lowest BCUT2D eigenvalue weighted by atomic mass is 9.88. The number of rotatable bonds is 3. The number of Topliss-reactive ketones (excluding diaryl/α,β-unsaturated/α-hetero) is 1. The van der Waals surface area contributed by atoms with Crippen LogP contribution in [0, 0.1) is 5.92 Å². The first-order valence-corrected chi connectivity index (χ1v) is 5.11. The van der Waals surface area contributed by atoms with E-state index in [1.165, 1.54) is 6.08 Å². The van der Waals surface area contributed by atoms with Crippen LogP contribution in [0.2, 0.25) is 0 Å². The quantitative estimate of drug-likeness (QED) is 0.511. The van der Waals surface area contributed by atoms with Gasteiger partial charge in [-0.3, -0.25) is 4.79 Å². The minimum Gasteiger partial charge on any atom is -0.463 e. The topological polar surface area (TPSA) is 43.4 Å². The van der Waals surface area contributed by atoms with E-state index in [2.05, 4.69) is 0 Å². The van der Waals surface area contributed by atoms with Crippen molar-refractivity contribution in [2.45, 2.75) is 32.6 Å². The Balaban J connectivity index is 2.41. The molecule has 3 nitrogen and oxygen atoms in total. The third-order valence-electron chi connectivity index (χ3n) is 2.35. The van der Waals surface area contributed by atoms with Crippen LogP contribution in [0.15, 0.2) is 12.2 Å². The molecule has 0 saturated heterocycles. The molecule has 0 radical (unpaired) electrons. The van der Waals surface area contributed by atoms with E-state index in [0.29, 0.717) is 13.0 Å². The summed E-state index contributed by atoms with van der Waals surface area (Å²) in [6.07, 6.45) is 6.63. The van der Waals surface area contributed by atoms with Gasteiger partial charge >= 0.3 is 5.97 Å². The fraction of sp³-hybridized carbons (Fsp3) is 0.636. The average molecular weight is 196 g/mol. The van der Waals surface area contributed by atoms with Crippen molar-refractivity contribution >= 4 is 11.8 Å². The van der Waals surface area contributed by atoms with Crippen molar-refractivity contribution in [2.24, 2.45) is 5.92 Å². The summed E-state index contributed by atoms with van der Waals surface area (Å²) >= 11 is 0. The lowest BCUT2D eigenvalue weighted by molar-refractivity contribution is -0.137. The Labute approximate surface area is 84.1 Å². The summed E-state index contributed by atoms with van der Waals surface area (Å²) < 4.78 is 4.73. The van der Waals surface area contributed by atoms with Gasteiger partial charge in [0, 0.05) is 18.4 Å². The standard InChI is InChI=1S/C11H16O3/c1-2-14-11(13)8-7-9-5-3-4-6-10(9)12/h7-9H,2-6H2,1H3/b8-7+. The molecule has 0 N–H and O–H groups in total. The fourth-order valence-corrected chi connectivity index (χ4v) is 1.60. The molecule has 0 aromatic rings. The van der Waals surface area contributed by atoms with Gasteiger partial charge in [0.25, 0.3) is 0 Å². The highest BCUT2D eigenvalue weighted by Gasteiger charge is 2.19. The molecule has 0 spiro atoms. The summed E-state index contributed by atoms with van der Waals surface area (Å²) in [6, 6.07) is 0. The Morgan fingerprint density at radius 1 is 1.57 bits per heavy atom. The second-order valence-corrected chi connectivity index (χ2v) is 3.43. The summed E-state index contributed by atoms with van der Waals surface area (Å²) in [5.74, 6) is -0.171. The molecule has 0 heterocycles. The smallest absolute Gasteiger partial charge is 0.330 e. The van der Waals surface area contributed by atoms with Gasteiger partial charge in [0.2, 0.25) is 0 Å². The number of hydrogen-bond acceptors (Lipinski definition) is 3. The SMILES string of the molecule is CCOC(=O)/C=C/C1CCCCC1=O. The first-order valence-electron chi connectivity index (χ1n) is 5.11. The van der Waals surface area contributed by atoms with Crippen molar-refractivity contribution in [1.29, 1.82) is 0 Å². The predicted octanol–water partition coefficient (Wildman–Crippen LogP) is 1.86. The highest BCUT2D eigenvalue weighted by Crippen LogP contribution is 2.21. The molecule has 1 unspecified atom stereocenters. The molecule has 1 fully saturated rings. The zero-order valence-corrected chi connectivity index (χ0v) is 8.49. The number of hydrogen-bond donors (Lipinski definition) is 0. The van der Waals surface area contributed by atoms with Crippen molar-refractivity contribution < 1.29 is 14.3 Å². The normalized spacial score (nSPS) is 22.6. The van der Waals surface area contributed by atoms with Crippen molar-refractivity contribution in [3.63, 3.8) is 0 Å². The first kappa shape index (κ1) is 11.0. The minimum atomic E-state index is -0.356. The number of carbonyl (C=O) groups excluding carboxylic acids is 2. The Kier molecular flexibility index (Phi) is 4.36. The first-order chi connectivity index (χ1) is 6.74. The van der Waals surface area contributed by atoms with Crippen LogP contribution in [-0.4, -0.2) is 18.4 Å². The summed E-state index contributed by atoms with van der Waals surface area (Å²) in [5.41, 5.74) is 0. The van der Waals surface area contributed by atoms with Gasteiger partial charge in [-0.05, 0) is 19.8 Å². The van der Waals surface area contributed by atoms with Crippen molar-refractivity contribution in [1.82, 2.24) is 0 Å². The maximum Gasteiger partial charge on any atom is 0.330 e. The summed E-state index contributed by atoms with van der Waals surface area (Å²) in [4.78, 5) is 22.3. The Morgan fingerprint density at radius 2 is 2.36 bits per heavy atom. The van der Waals surface area contributed by atoms with E-state index >= 15 is 0 Å². The van der Waals surface area contributed by atoms with Crippen molar-refractivity contribution in [2.75, 3.05) is 6.61 Å². The summed E-state index contributed by atoms with van der Waals surface area (Å²) in [6.45, 7) is 2.14. The number of esters is 1. The van der Waals surface area contributed by atoms with Crippen LogP contribution in [-0.2, 0) is 14.3 Å². The molecular weight excluding hydrogens is 180 g/mol. The van der Waals surface area contributed by atoms with Crippen LogP contribution >= 0.6 is 0 Å². The van der Waals surface area contributed by atoms with E-state index < -0.39 is 0 Å². The molecule has 0 bridgehead atoms. The lowest BCUT2D eigenvalue weighted by Gasteiger charge is -2.16. The van der Waals surface area contributed by atoms with Gasteiger partial charge in [0.05, 0.1) is 6.61 Å². The highest BCUT2D eigenvalue weighted by atomic mass is 16.5. The maximum atomic E-state index is 11.4. The summed E-state index contributed by atoms with van der Waals surface area (Å²) in [5, 5.41) is 0. The number of ketones is 1. The molecule has 78 valence electrons. The molecule has 0 amide bonds. The monoisotopic (exact) mass is 196 g/mol. The summed E-state index contributed by atoms with van der Waals surface area (Å²) in [7, 11) is 0. The van der Waals surface area contributed by atoms with E-state index in [0.717, 1.165) is 19.3 Å². The van der Waals surface area contributed by atoms with Crippen LogP contribution in [0.3, 0.4) is 0 Å². The third kappa shape index (κ3) is 3.32. The predicted molar refractivity (Wildman–Crippen MR) is 52.7 cm³/mol. The maximum absolute atomic E-state index is 11.4. The molecule has 1 saturated carbocycles. The van der Waals surface area contributed by atoms with Gasteiger partial charge < -0.3 is 4.74 Å². The molecule has 1 rings (SSSR count). The van der Waals surface area contributed by atoms with Crippen LogP contribution in [0.4, 0.5) is 0 Å². The molecule has 1 atom stereocenters. The molecule has 0 aromatic heterocycles. The average Bonchev–Trinajstić information content (AvgIpc) is 2.17. The Morgan fingerprint density at radius 3 is 3.00 bits per heavy atom. The molecule has 0 aromatic carbocycles. The molecule has 3 heteroatoms. The largest absolute Gasteiger partial charge is 0.463 e. The second kappa shape index (κ2) is 5.58. The van der Waals surface area contributed by atoms with Gasteiger partial charge in [-0.25, -0.2) is 4.79 Å². The van der Waals surface area contributed by atoms with Gasteiger partial charge in [0.1, 0.15) is 5.78 Å². The third-order valence-corrected chi connectivity index (χ3v) is 2.35. The van der Waals surface area contributed by atoms with Crippen molar-refractivity contribution in [3.8, 4) is 0 Å². The lowest BCUT2D eigenvalue weighted by Crippen LogP contribution is -2.17. The van der Waals surface area contributed by atoms with Crippen molar-refractivity contribution in [3.05, 3.63) is 12.2 Å². The van der Waals surface area contributed by atoms with Gasteiger partial charge in [-0.15, -0.1) is 0 Å². The van der Waals surface area contributed by atoms with E-state index in [1.54, 1.807) is 13.0 Å². The minimum absolute atomic E-state index is 0.0619. The Bertz CT molecular complexity index is 243. The molecule has 0 aliphatic heterocycles. The molecule has 14 heavy (non-hydrogen) atoms. The zero-order valence-electron chi connectivity index (χ0n) is 8.49. The fourth-order valence-electron chi connectivity index (χ4n) is 1.60. The van der Waals surface area contributed by atoms with Crippen LogP contribution in [0.1, 0.15) is 32.6 Å². The second-order valence-electron chi connectivity index (χ2n) is 3.43. The number of carbonyl (C=O) groups is 2. The highest BCUT2D eigenvalue weighted by molar-refractivity contribution is 5.86. The number of ether oxygens (including phenoxy) is 1. The van der Waals surface area contributed by atoms with Crippen LogP contribution in [0.25, 0.3) is 0 Å².